The van der Waals surface area contributed by atoms with Gasteiger partial charge in [0.2, 0.25) is 0 Å². The zero-order valence-electron chi connectivity index (χ0n) is 22.4. The van der Waals surface area contributed by atoms with Gasteiger partial charge in [0.25, 0.3) is 0 Å². The zero-order valence-corrected chi connectivity index (χ0v) is 22.4. The van der Waals surface area contributed by atoms with Crippen molar-refractivity contribution in [2.75, 3.05) is 25.9 Å². The Hall–Kier alpha value is -3.82. The first-order valence-electron chi connectivity index (χ1n) is 12.4. The van der Waals surface area contributed by atoms with Crippen LogP contribution in [0, 0.1) is 12.7 Å². The van der Waals surface area contributed by atoms with E-state index in [9.17, 15) is 4.79 Å². The molecule has 0 bridgehead atoms. The third kappa shape index (κ3) is 5.79. The minimum Gasteiger partial charge on any atom is -0.444 e. The molecule has 4 rings (SSSR count). The van der Waals surface area contributed by atoms with Crippen molar-refractivity contribution in [1.82, 2.24) is 19.6 Å². The number of benzene rings is 2. The van der Waals surface area contributed by atoms with Crippen molar-refractivity contribution >= 4 is 34.3 Å². The monoisotopic (exact) mass is 509 g/mol. The van der Waals surface area contributed by atoms with Gasteiger partial charge in [0, 0.05) is 44.8 Å². The molecule has 0 atom stereocenters. The van der Waals surface area contributed by atoms with Crippen molar-refractivity contribution in [3.8, 4) is 11.1 Å². The van der Waals surface area contributed by atoms with E-state index in [1.165, 1.54) is 6.07 Å². The maximum atomic E-state index is 15.2. The Balaban J connectivity index is 1.49. The number of nitrogen functional groups attached to an aromatic ring is 1. The number of amides is 1. The van der Waals surface area contributed by atoms with Crippen LogP contribution in [0.15, 0.2) is 35.5 Å². The fourth-order valence-corrected chi connectivity index (χ4v) is 4.64. The summed E-state index contributed by atoms with van der Waals surface area (Å²) in [7, 11) is 3.69. The molecule has 1 amide bonds. The third-order valence-corrected chi connectivity index (χ3v) is 6.59. The Bertz CT molecular complexity index is 1330. The van der Waals surface area contributed by atoms with Crippen molar-refractivity contribution in [3.63, 3.8) is 0 Å². The normalized spacial score (nSPS) is 15.3. The van der Waals surface area contributed by atoms with E-state index in [1.54, 1.807) is 15.6 Å². The second-order valence-electron chi connectivity index (χ2n) is 10.7. The number of carbonyl (C=O) groups is 1. The van der Waals surface area contributed by atoms with Gasteiger partial charge in [0.1, 0.15) is 11.3 Å². The number of anilines is 1. The van der Waals surface area contributed by atoms with Gasteiger partial charge in [-0.15, -0.1) is 0 Å². The number of carbonyl (C=O) groups excluding carboxylic acids is 1. The number of piperidine rings is 1. The highest BCUT2D eigenvalue weighted by atomic mass is 19.1. The van der Waals surface area contributed by atoms with E-state index in [4.69, 9.17) is 16.2 Å². The molecule has 2 heterocycles. The number of halogens is 1. The second kappa shape index (κ2) is 9.91. The van der Waals surface area contributed by atoms with Crippen LogP contribution in [0.1, 0.15) is 39.2 Å². The fourth-order valence-electron chi connectivity index (χ4n) is 4.64. The molecule has 1 aliphatic rings. The van der Waals surface area contributed by atoms with Gasteiger partial charge in [-0.3, -0.25) is 4.68 Å². The number of aliphatic imine (C=N–C) groups is 1. The smallest absolute Gasteiger partial charge is 0.410 e. The number of hydrogen-bond acceptors (Lipinski definition) is 5. The summed E-state index contributed by atoms with van der Waals surface area (Å²) < 4.78 is 22.4. The molecule has 9 nitrogen and oxygen atoms in total. The van der Waals surface area contributed by atoms with Crippen LogP contribution in [0.4, 0.5) is 20.6 Å². The minimum absolute atomic E-state index is 0.0125. The van der Waals surface area contributed by atoms with Gasteiger partial charge in [-0.2, -0.15) is 5.10 Å². The summed E-state index contributed by atoms with van der Waals surface area (Å²) in [6.07, 6.45) is 3.00. The molecule has 0 radical (unpaired) electrons. The van der Waals surface area contributed by atoms with E-state index in [0.717, 1.165) is 22.0 Å². The van der Waals surface area contributed by atoms with E-state index in [-0.39, 0.29) is 29.5 Å². The van der Waals surface area contributed by atoms with E-state index in [2.05, 4.69) is 10.1 Å². The van der Waals surface area contributed by atoms with Crippen LogP contribution in [0.2, 0.25) is 0 Å². The van der Waals surface area contributed by atoms with Crippen LogP contribution in [0.5, 0.6) is 0 Å². The van der Waals surface area contributed by atoms with Gasteiger partial charge < -0.3 is 26.0 Å². The zero-order chi connectivity index (χ0) is 27.1. The van der Waals surface area contributed by atoms with E-state index in [0.29, 0.717) is 31.5 Å². The van der Waals surface area contributed by atoms with Crippen LogP contribution < -0.4 is 11.5 Å². The standard InChI is InChI=1S/C27H36FN7O2/c1-16-11-17(12-19-15-33(5)32-23(16)19)18-13-21(28)24(22(29)14-18)31-25(30)34(6)20-7-9-35(10-8-20)26(36)37-27(2,3)4/h11-15,20H,7-10,29H2,1-6H3,(H2,30,31). The minimum atomic E-state index is -0.546. The molecule has 4 N–H and O–H groups in total. The molecule has 2 aromatic carbocycles. The van der Waals surface area contributed by atoms with Gasteiger partial charge in [0.05, 0.1) is 11.2 Å². The summed E-state index contributed by atoms with van der Waals surface area (Å²) in [4.78, 5) is 20.2. The van der Waals surface area contributed by atoms with Gasteiger partial charge in [-0.1, -0.05) is 0 Å². The quantitative estimate of drug-likeness (QED) is 0.304. The number of nitrogens with zero attached hydrogens (tertiary/aromatic N) is 5. The number of rotatable bonds is 3. The van der Waals surface area contributed by atoms with Crippen LogP contribution in [-0.2, 0) is 11.8 Å². The van der Waals surface area contributed by atoms with Crippen molar-refractivity contribution in [1.29, 1.82) is 0 Å². The van der Waals surface area contributed by atoms with Crippen LogP contribution in [-0.4, -0.2) is 63.4 Å². The summed E-state index contributed by atoms with van der Waals surface area (Å²) in [5.74, 6) is -0.378. The third-order valence-electron chi connectivity index (χ3n) is 6.59. The number of ether oxygens (including phenoxy) is 1. The lowest BCUT2D eigenvalue weighted by Gasteiger charge is -2.37. The Morgan fingerprint density at radius 1 is 1.19 bits per heavy atom. The predicted octanol–water partition coefficient (Wildman–Crippen LogP) is 4.55. The lowest BCUT2D eigenvalue weighted by atomic mass is 10.00. The number of aromatic nitrogens is 2. The molecule has 1 aromatic heterocycles. The molecule has 1 saturated heterocycles. The van der Waals surface area contributed by atoms with Crippen LogP contribution >= 0.6 is 0 Å². The number of aryl methyl sites for hydroxylation is 2. The van der Waals surface area contributed by atoms with Gasteiger partial charge in [-0.25, -0.2) is 14.2 Å². The number of fused-ring (bicyclic) bond motifs is 1. The second-order valence-corrected chi connectivity index (χ2v) is 10.7. The highest BCUT2D eigenvalue weighted by Crippen LogP contribution is 2.34. The average Bonchev–Trinajstić information content (AvgIpc) is 3.20. The van der Waals surface area contributed by atoms with Gasteiger partial charge in [-0.05, 0) is 81.5 Å². The first-order valence-corrected chi connectivity index (χ1v) is 12.4. The molecule has 198 valence electrons. The molecule has 1 fully saturated rings. The molecular formula is C27H36FN7O2. The summed E-state index contributed by atoms with van der Waals surface area (Å²) >= 11 is 0. The first-order chi connectivity index (χ1) is 17.3. The molecule has 0 aliphatic carbocycles. The van der Waals surface area contributed by atoms with Crippen molar-refractivity contribution in [3.05, 3.63) is 41.8 Å². The Morgan fingerprint density at radius 3 is 2.46 bits per heavy atom. The Morgan fingerprint density at radius 2 is 1.84 bits per heavy atom. The fraction of sp³-hybridized carbons (Fsp3) is 0.444. The molecule has 0 unspecified atom stereocenters. The highest BCUT2D eigenvalue weighted by Gasteiger charge is 2.29. The summed E-state index contributed by atoms with van der Waals surface area (Å²) in [5, 5.41) is 5.44. The topological polar surface area (TPSA) is 115 Å². The number of likely N-dealkylation sites (tertiary alicyclic amines) is 1. The van der Waals surface area contributed by atoms with Crippen molar-refractivity contribution in [2.24, 2.45) is 17.8 Å². The van der Waals surface area contributed by atoms with E-state index < -0.39 is 11.4 Å². The van der Waals surface area contributed by atoms with Crippen LogP contribution in [0.3, 0.4) is 0 Å². The lowest BCUT2D eigenvalue weighted by molar-refractivity contribution is 0.0179. The maximum absolute atomic E-state index is 15.2. The number of guanidine groups is 1. The van der Waals surface area contributed by atoms with Crippen molar-refractivity contribution < 1.29 is 13.9 Å². The summed E-state index contributed by atoms with van der Waals surface area (Å²) in [6.45, 7) is 8.61. The van der Waals surface area contributed by atoms with Crippen molar-refractivity contribution in [2.45, 2.75) is 52.2 Å². The molecule has 1 aliphatic heterocycles. The SMILES string of the molecule is Cc1cc(-c2cc(N)c(N=C(N)N(C)C3CCN(C(=O)OC(C)(C)C)CC3)c(F)c2)cc2cn(C)nc12. The Labute approximate surface area is 216 Å². The molecule has 37 heavy (non-hydrogen) atoms. The molecule has 0 spiro atoms. The lowest BCUT2D eigenvalue weighted by Crippen LogP contribution is -2.50. The molecule has 10 heteroatoms. The highest BCUT2D eigenvalue weighted by molar-refractivity contribution is 5.89. The largest absolute Gasteiger partial charge is 0.444 e. The molecular weight excluding hydrogens is 473 g/mol. The van der Waals surface area contributed by atoms with Crippen LogP contribution in [0.25, 0.3) is 22.0 Å². The van der Waals surface area contributed by atoms with E-state index in [1.807, 2.05) is 65.0 Å². The van der Waals surface area contributed by atoms with E-state index >= 15 is 4.39 Å². The number of nitrogens with two attached hydrogens (primary N) is 2. The maximum Gasteiger partial charge on any atom is 0.410 e. The Kier molecular flexibility index (Phi) is 7.03. The summed E-state index contributed by atoms with van der Waals surface area (Å²) in [5.41, 5.74) is 15.6. The predicted molar refractivity (Wildman–Crippen MR) is 145 cm³/mol. The first kappa shape index (κ1) is 26.2. The molecule has 0 saturated carbocycles. The van der Waals surface area contributed by atoms with Gasteiger partial charge in [0.15, 0.2) is 11.8 Å². The summed E-state index contributed by atoms with van der Waals surface area (Å²) in [6, 6.07) is 7.14. The average molecular weight is 510 g/mol. The molecule has 3 aromatic rings. The van der Waals surface area contributed by atoms with Gasteiger partial charge >= 0.3 is 6.09 Å². The number of hydrogen-bond donors (Lipinski definition) is 2.